The molecule has 0 radical (unpaired) electrons. The zero-order valence-electron chi connectivity index (χ0n) is 20.9. The van der Waals surface area contributed by atoms with Crippen LogP contribution in [0, 0.1) is 6.92 Å². The van der Waals surface area contributed by atoms with E-state index in [1.165, 1.54) is 0 Å². The van der Waals surface area contributed by atoms with Gasteiger partial charge in [0.15, 0.2) is 0 Å². The molecule has 4 heterocycles. The van der Waals surface area contributed by atoms with Gasteiger partial charge in [0.25, 0.3) is 5.91 Å². The van der Waals surface area contributed by atoms with Gasteiger partial charge < -0.3 is 25.2 Å². The van der Waals surface area contributed by atoms with E-state index in [0.717, 1.165) is 25.0 Å². The molecule has 1 amide bonds. The van der Waals surface area contributed by atoms with E-state index < -0.39 is 24.3 Å². The third kappa shape index (κ3) is 9.94. The van der Waals surface area contributed by atoms with Crippen LogP contribution in [0.2, 0.25) is 0 Å². The van der Waals surface area contributed by atoms with Crippen molar-refractivity contribution in [1.82, 2.24) is 19.9 Å². The molecule has 1 spiro atoms. The number of carbonyl (C=O) groups is 3. The summed E-state index contributed by atoms with van der Waals surface area (Å²) in [5.74, 6) is -4.89. The number of carbonyl (C=O) groups excluding carboxylic acids is 1. The number of pyridine rings is 1. The predicted molar refractivity (Wildman–Crippen MR) is 124 cm³/mol. The van der Waals surface area contributed by atoms with Gasteiger partial charge in [0, 0.05) is 37.3 Å². The van der Waals surface area contributed by atoms with E-state index in [4.69, 9.17) is 24.5 Å². The minimum absolute atomic E-state index is 0.0179. The first-order valence-corrected chi connectivity index (χ1v) is 11.5. The number of likely N-dealkylation sites (tertiary alicyclic amines) is 1. The normalized spacial score (nSPS) is 20.5. The van der Waals surface area contributed by atoms with E-state index in [9.17, 15) is 31.1 Å². The standard InChI is InChI=1S/C19H23N5O2.2C2HF3O2/c1-14-4-2-5-16(22-14)17(25)24-10-7-19(13-24)12-15(6-11-26-19)23-18-20-8-3-9-21-18;2*3-2(4,5)1(6)7/h2-5,8-9,15H,6-7,10-13H2,1H3,(H,20,21,23);2*(H,6,7)/t15-,19-;;/m1../s1. The summed E-state index contributed by atoms with van der Waals surface area (Å²) in [4.78, 5) is 45.3. The molecule has 11 nitrogen and oxygen atoms in total. The molecule has 2 aliphatic heterocycles. The number of carboxylic acid groups (broad SMARTS) is 2. The van der Waals surface area contributed by atoms with Crippen molar-refractivity contribution in [2.24, 2.45) is 0 Å². The lowest BCUT2D eigenvalue weighted by atomic mass is 9.89. The predicted octanol–water partition coefficient (Wildman–Crippen LogP) is 3.32. The molecule has 220 valence electrons. The number of nitrogens with zero attached hydrogens (tertiary/aromatic N) is 4. The van der Waals surface area contributed by atoms with Gasteiger partial charge in [0.1, 0.15) is 5.69 Å². The molecule has 2 aromatic heterocycles. The molecule has 0 aromatic carbocycles. The van der Waals surface area contributed by atoms with Crippen LogP contribution in [0.3, 0.4) is 0 Å². The quantitative estimate of drug-likeness (QED) is 0.460. The van der Waals surface area contributed by atoms with Crippen molar-refractivity contribution in [3.63, 3.8) is 0 Å². The molecule has 2 fully saturated rings. The summed E-state index contributed by atoms with van der Waals surface area (Å²) in [7, 11) is 0. The fraction of sp³-hybridized carbons (Fsp3) is 0.478. The van der Waals surface area contributed by atoms with E-state index >= 15 is 0 Å². The summed E-state index contributed by atoms with van der Waals surface area (Å²) in [6, 6.07) is 7.60. The molecule has 0 bridgehead atoms. The first-order valence-electron chi connectivity index (χ1n) is 11.5. The Morgan fingerprint density at radius 1 is 1.02 bits per heavy atom. The average molecular weight is 581 g/mol. The van der Waals surface area contributed by atoms with Crippen LogP contribution in [0.25, 0.3) is 0 Å². The molecule has 2 aliphatic rings. The van der Waals surface area contributed by atoms with E-state index in [0.29, 0.717) is 31.3 Å². The fourth-order valence-electron chi connectivity index (χ4n) is 3.83. The van der Waals surface area contributed by atoms with Crippen molar-refractivity contribution < 1.29 is 55.7 Å². The summed E-state index contributed by atoms with van der Waals surface area (Å²) in [6.45, 7) is 3.88. The minimum atomic E-state index is -5.08. The van der Waals surface area contributed by atoms with Crippen molar-refractivity contribution in [3.8, 4) is 0 Å². The lowest BCUT2D eigenvalue weighted by molar-refractivity contribution is -0.193. The van der Waals surface area contributed by atoms with E-state index in [2.05, 4.69) is 20.3 Å². The monoisotopic (exact) mass is 581 g/mol. The molecule has 4 rings (SSSR count). The zero-order valence-corrected chi connectivity index (χ0v) is 20.9. The van der Waals surface area contributed by atoms with Crippen LogP contribution in [0.1, 0.15) is 35.4 Å². The van der Waals surface area contributed by atoms with Gasteiger partial charge in [-0.05, 0) is 44.4 Å². The number of nitrogens with one attached hydrogen (secondary N) is 1. The summed E-state index contributed by atoms with van der Waals surface area (Å²) >= 11 is 0. The highest BCUT2D eigenvalue weighted by Crippen LogP contribution is 2.35. The fourth-order valence-corrected chi connectivity index (χ4v) is 3.83. The number of rotatable bonds is 3. The Bertz CT molecular complexity index is 1140. The van der Waals surface area contributed by atoms with Gasteiger partial charge in [-0.25, -0.2) is 24.5 Å². The maximum absolute atomic E-state index is 12.8. The number of aliphatic carboxylic acids is 2. The SMILES string of the molecule is Cc1cccc(C(=O)N2CC[C@@]3(C[C@H](Nc4ncccn4)CCO3)C2)n1.O=C(O)C(F)(F)F.O=C(O)C(F)(F)F. The smallest absolute Gasteiger partial charge is 0.475 e. The number of aryl methyl sites for hydroxylation is 1. The molecule has 40 heavy (non-hydrogen) atoms. The Balaban J connectivity index is 0.000000333. The largest absolute Gasteiger partial charge is 0.490 e. The molecule has 2 aromatic rings. The Kier molecular flexibility index (Phi) is 10.8. The first-order chi connectivity index (χ1) is 18.5. The van der Waals surface area contributed by atoms with Gasteiger partial charge in [-0.15, -0.1) is 0 Å². The molecular formula is C23H25F6N5O6. The van der Waals surface area contributed by atoms with E-state index in [1.54, 1.807) is 24.5 Å². The van der Waals surface area contributed by atoms with Crippen molar-refractivity contribution in [1.29, 1.82) is 0 Å². The zero-order chi connectivity index (χ0) is 30.1. The van der Waals surface area contributed by atoms with Gasteiger partial charge >= 0.3 is 24.3 Å². The molecule has 2 saturated heterocycles. The topological polar surface area (TPSA) is 155 Å². The van der Waals surface area contributed by atoms with Crippen molar-refractivity contribution in [2.75, 3.05) is 25.0 Å². The highest BCUT2D eigenvalue weighted by molar-refractivity contribution is 5.92. The second kappa shape index (κ2) is 13.4. The molecular weight excluding hydrogens is 556 g/mol. The number of alkyl halides is 6. The molecule has 17 heteroatoms. The van der Waals surface area contributed by atoms with Crippen molar-refractivity contribution in [3.05, 3.63) is 48.0 Å². The summed E-state index contributed by atoms with van der Waals surface area (Å²) in [5.41, 5.74) is 1.07. The second-order valence-corrected chi connectivity index (χ2v) is 8.68. The minimum Gasteiger partial charge on any atom is -0.475 e. The average Bonchev–Trinajstić information content (AvgIpc) is 3.26. The summed E-state index contributed by atoms with van der Waals surface area (Å²) < 4.78 is 69.6. The van der Waals surface area contributed by atoms with Gasteiger partial charge in [0.05, 0.1) is 12.1 Å². The summed E-state index contributed by atoms with van der Waals surface area (Å²) in [5, 5.41) is 17.6. The number of anilines is 1. The number of hydrogen-bond acceptors (Lipinski definition) is 8. The van der Waals surface area contributed by atoms with Gasteiger partial charge in [-0.2, -0.15) is 26.3 Å². The lowest BCUT2D eigenvalue weighted by Gasteiger charge is -2.38. The van der Waals surface area contributed by atoms with E-state index in [-0.39, 0.29) is 17.6 Å². The molecule has 0 aliphatic carbocycles. The molecule has 0 unspecified atom stereocenters. The van der Waals surface area contributed by atoms with Crippen LogP contribution >= 0.6 is 0 Å². The van der Waals surface area contributed by atoms with Gasteiger partial charge in [0.2, 0.25) is 5.95 Å². The van der Waals surface area contributed by atoms with Crippen LogP contribution in [-0.4, -0.2) is 91.6 Å². The van der Waals surface area contributed by atoms with Crippen LogP contribution in [0.5, 0.6) is 0 Å². The highest BCUT2D eigenvalue weighted by atomic mass is 19.4. The number of aromatic nitrogens is 3. The van der Waals surface area contributed by atoms with Crippen LogP contribution in [0.15, 0.2) is 36.7 Å². The number of amides is 1. The Morgan fingerprint density at radius 3 is 2.12 bits per heavy atom. The van der Waals surface area contributed by atoms with Crippen LogP contribution in [-0.2, 0) is 14.3 Å². The number of ether oxygens (including phenoxy) is 1. The Morgan fingerprint density at radius 2 is 1.60 bits per heavy atom. The van der Waals surface area contributed by atoms with Crippen molar-refractivity contribution in [2.45, 2.75) is 50.2 Å². The van der Waals surface area contributed by atoms with Crippen LogP contribution < -0.4 is 5.32 Å². The van der Waals surface area contributed by atoms with Crippen molar-refractivity contribution >= 4 is 23.8 Å². The van der Waals surface area contributed by atoms with Gasteiger partial charge in [-0.3, -0.25) is 4.79 Å². The maximum atomic E-state index is 12.8. The maximum Gasteiger partial charge on any atom is 0.490 e. The lowest BCUT2D eigenvalue weighted by Crippen LogP contribution is -2.47. The number of hydrogen-bond donors (Lipinski definition) is 3. The second-order valence-electron chi connectivity index (χ2n) is 8.68. The van der Waals surface area contributed by atoms with Gasteiger partial charge in [-0.1, -0.05) is 6.07 Å². The highest BCUT2D eigenvalue weighted by Gasteiger charge is 2.45. The molecule has 0 saturated carbocycles. The molecule has 3 N–H and O–H groups in total. The van der Waals surface area contributed by atoms with Crippen LogP contribution in [0.4, 0.5) is 32.3 Å². The molecule has 2 atom stereocenters. The number of carboxylic acids is 2. The number of halogens is 6. The third-order valence-electron chi connectivity index (χ3n) is 5.59. The van der Waals surface area contributed by atoms with E-state index in [1.807, 2.05) is 24.0 Å². The first kappa shape index (κ1) is 32.2. The Labute approximate surface area is 223 Å². The summed E-state index contributed by atoms with van der Waals surface area (Å²) in [6.07, 6.45) is -4.10. The Hall–Kier alpha value is -4.02. The third-order valence-corrected chi connectivity index (χ3v) is 5.59.